The zero-order valence-corrected chi connectivity index (χ0v) is 10.5. The lowest BCUT2D eigenvalue weighted by Crippen LogP contribution is -2.30. The molecule has 0 radical (unpaired) electrons. The standard InChI is InChI=1S/C14H15F2N3/c1-8-2-3-9(15)6-11(8)14(19-18)12-7-10(16)4-5-13(12)17/h2-7,14,19H,17-18H2,1H3. The van der Waals surface area contributed by atoms with Gasteiger partial charge < -0.3 is 5.73 Å². The predicted octanol–water partition coefficient (Wildman–Crippen LogP) is 2.41. The van der Waals surface area contributed by atoms with Crippen LogP contribution >= 0.6 is 0 Å². The van der Waals surface area contributed by atoms with Gasteiger partial charge in [-0.15, -0.1) is 0 Å². The maximum atomic E-state index is 13.4. The van der Waals surface area contributed by atoms with Crippen LogP contribution in [0.3, 0.4) is 0 Å². The van der Waals surface area contributed by atoms with Crippen LogP contribution in [0.15, 0.2) is 36.4 Å². The molecular formula is C14H15F2N3. The van der Waals surface area contributed by atoms with Crippen LogP contribution in [-0.2, 0) is 0 Å². The van der Waals surface area contributed by atoms with Crippen molar-refractivity contribution in [1.29, 1.82) is 0 Å². The molecule has 2 aromatic carbocycles. The molecule has 3 nitrogen and oxygen atoms in total. The van der Waals surface area contributed by atoms with Crippen molar-refractivity contribution in [1.82, 2.24) is 5.43 Å². The van der Waals surface area contributed by atoms with E-state index in [1.165, 1.54) is 30.3 Å². The highest BCUT2D eigenvalue weighted by atomic mass is 19.1. The second kappa shape index (κ2) is 5.34. The highest BCUT2D eigenvalue weighted by Crippen LogP contribution is 2.29. The Hall–Kier alpha value is -1.98. The van der Waals surface area contributed by atoms with Crippen molar-refractivity contribution in [3.8, 4) is 0 Å². The van der Waals surface area contributed by atoms with Gasteiger partial charge in [-0.3, -0.25) is 5.84 Å². The van der Waals surface area contributed by atoms with Crippen LogP contribution in [0, 0.1) is 18.6 Å². The van der Waals surface area contributed by atoms with Crippen molar-refractivity contribution >= 4 is 5.69 Å². The summed E-state index contributed by atoms with van der Waals surface area (Å²) in [4.78, 5) is 0. The summed E-state index contributed by atoms with van der Waals surface area (Å²) in [5, 5.41) is 0. The van der Waals surface area contributed by atoms with E-state index in [0.717, 1.165) is 5.56 Å². The van der Waals surface area contributed by atoms with E-state index in [4.69, 9.17) is 11.6 Å². The predicted molar refractivity (Wildman–Crippen MR) is 71.1 cm³/mol. The Balaban J connectivity index is 2.55. The van der Waals surface area contributed by atoms with Crippen LogP contribution in [0.2, 0.25) is 0 Å². The third-order valence-electron chi connectivity index (χ3n) is 3.08. The van der Waals surface area contributed by atoms with Gasteiger partial charge in [0.25, 0.3) is 0 Å². The molecular weight excluding hydrogens is 248 g/mol. The minimum atomic E-state index is -0.564. The van der Waals surface area contributed by atoms with E-state index in [2.05, 4.69) is 5.43 Å². The van der Waals surface area contributed by atoms with E-state index in [-0.39, 0.29) is 5.82 Å². The number of anilines is 1. The number of hydrogen-bond acceptors (Lipinski definition) is 3. The Morgan fingerprint density at radius 2 is 1.58 bits per heavy atom. The summed E-state index contributed by atoms with van der Waals surface area (Å²) in [6, 6.07) is 7.83. The lowest BCUT2D eigenvalue weighted by Gasteiger charge is -2.20. The number of aryl methyl sites for hydroxylation is 1. The van der Waals surface area contributed by atoms with Gasteiger partial charge in [-0.2, -0.15) is 0 Å². The Morgan fingerprint density at radius 1 is 1.00 bits per heavy atom. The van der Waals surface area contributed by atoms with Gasteiger partial charge in [0, 0.05) is 11.3 Å². The third kappa shape index (κ3) is 2.72. The summed E-state index contributed by atoms with van der Waals surface area (Å²) in [6.45, 7) is 1.83. The molecule has 0 heterocycles. The molecule has 5 heteroatoms. The lowest BCUT2D eigenvalue weighted by atomic mass is 9.94. The summed E-state index contributed by atoms with van der Waals surface area (Å²) in [5.74, 6) is 4.73. The average molecular weight is 263 g/mol. The summed E-state index contributed by atoms with van der Waals surface area (Å²) in [7, 11) is 0. The van der Waals surface area contributed by atoms with Gasteiger partial charge in [0.1, 0.15) is 11.6 Å². The molecule has 0 aromatic heterocycles. The Labute approximate surface area is 110 Å². The third-order valence-corrected chi connectivity index (χ3v) is 3.08. The van der Waals surface area contributed by atoms with E-state index >= 15 is 0 Å². The Kier molecular flexibility index (Phi) is 3.78. The second-order valence-electron chi connectivity index (χ2n) is 4.37. The summed E-state index contributed by atoms with van der Waals surface area (Å²) in [6.07, 6.45) is 0. The number of rotatable bonds is 3. The Bertz CT molecular complexity index is 548. The van der Waals surface area contributed by atoms with Crippen LogP contribution in [0.5, 0.6) is 0 Å². The van der Waals surface area contributed by atoms with Gasteiger partial charge in [-0.25, -0.2) is 14.2 Å². The quantitative estimate of drug-likeness (QED) is 0.452. The topological polar surface area (TPSA) is 64.1 Å². The molecule has 0 bridgehead atoms. The highest BCUT2D eigenvalue weighted by Gasteiger charge is 2.18. The molecule has 0 aliphatic carbocycles. The monoisotopic (exact) mass is 263 g/mol. The van der Waals surface area contributed by atoms with E-state index in [1.54, 1.807) is 6.07 Å². The highest BCUT2D eigenvalue weighted by molar-refractivity contribution is 5.52. The molecule has 5 N–H and O–H groups in total. The van der Waals surface area contributed by atoms with Crippen molar-refractivity contribution in [2.75, 3.05) is 5.73 Å². The number of nitrogen functional groups attached to an aromatic ring is 1. The second-order valence-corrected chi connectivity index (χ2v) is 4.37. The smallest absolute Gasteiger partial charge is 0.123 e. The lowest BCUT2D eigenvalue weighted by molar-refractivity contribution is 0.594. The van der Waals surface area contributed by atoms with Crippen LogP contribution < -0.4 is 17.0 Å². The number of benzene rings is 2. The van der Waals surface area contributed by atoms with E-state index < -0.39 is 11.9 Å². The molecule has 0 aliphatic heterocycles. The fourth-order valence-electron chi connectivity index (χ4n) is 2.07. The van der Waals surface area contributed by atoms with Crippen LogP contribution in [0.1, 0.15) is 22.7 Å². The largest absolute Gasteiger partial charge is 0.398 e. The molecule has 0 amide bonds. The zero-order valence-electron chi connectivity index (χ0n) is 10.5. The fourth-order valence-corrected chi connectivity index (χ4v) is 2.07. The summed E-state index contributed by atoms with van der Waals surface area (Å²) >= 11 is 0. The zero-order chi connectivity index (χ0) is 14.0. The first-order valence-corrected chi connectivity index (χ1v) is 5.80. The number of hydrazine groups is 1. The molecule has 0 saturated carbocycles. The molecule has 100 valence electrons. The number of nitrogens with two attached hydrogens (primary N) is 2. The van der Waals surface area contributed by atoms with Gasteiger partial charge in [0.15, 0.2) is 0 Å². The molecule has 1 atom stereocenters. The first-order valence-electron chi connectivity index (χ1n) is 5.80. The molecule has 0 aliphatic rings. The molecule has 19 heavy (non-hydrogen) atoms. The van der Waals surface area contributed by atoms with Crippen LogP contribution in [-0.4, -0.2) is 0 Å². The molecule has 0 spiro atoms. The molecule has 2 aromatic rings. The average Bonchev–Trinajstić information content (AvgIpc) is 2.38. The number of nitrogens with one attached hydrogen (secondary N) is 1. The maximum Gasteiger partial charge on any atom is 0.123 e. The maximum absolute atomic E-state index is 13.4. The van der Waals surface area contributed by atoms with Crippen molar-refractivity contribution in [3.05, 3.63) is 64.7 Å². The summed E-state index contributed by atoms with van der Waals surface area (Å²) in [5.41, 5.74) is 10.7. The van der Waals surface area contributed by atoms with Crippen molar-refractivity contribution in [2.24, 2.45) is 5.84 Å². The van der Waals surface area contributed by atoms with Crippen LogP contribution in [0.25, 0.3) is 0 Å². The minimum Gasteiger partial charge on any atom is -0.398 e. The fraction of sp³-hybridized carbons (Fsp3) is 0.143. The van der Waals surface area contributed by atoms with E-state index in [1.807, 2.05) is 6.92 Å². The SMILES string of the molecule is Cc1ccc(F)cc1C(NN)c1cc(F)ccc1N. The normalized spacial score (nSPS) is 12.4. The molecule has 0 fully saturated rings. The van der Waals surface area contributed by atoms with Gasteiger partial charge in [0.2, 0.25) is 0 Å². The van der Waals surface area contributed by atoms with Gasteiger partial charge in [0.05, 0.1) is 6.04 Å². The van der Waals surface area contributed by atoms with Gasteiger partial charge in [-0.1, -0.05) is 6.07 Å². The first kappa shape index (κ1) is 13.5. The van der Waals surface area contributed by atoms with E-state index in [0.29, 0.717) is 16.8 Å². The minimum absolute atomic E-state index is 0.379. The van der Waals surface area contributed by atoms with E-state index in [9.17, 15) is 8.78 Å². The molecule has 0 saturated heterocycles. The molecule has 1 unspecified atom stereocenters. The van der Waals surface area contributed by atoms with Gasteiger partial charge >= 0.3 is 0 Å². The van der Waals surface area contributed by atoms with Crippen molar-refractivity contribution in [2.45, 2.75) is 13.0 Å². The van der Waals surface area contributed by atoms with Crippen molar-refractivity contribution < 1.29 is 8.78 Å². The first-order chi connectivity index (χ1) is 9.02. The van der Waals surface area contributed by atoms with Crippen molar-refractivity contribution in [3.63, 3.8) is 0 Å². The summed E-state index contributed by atoms with van der Waals surface area (Å²) < 4.78 is 26.7. The number of halogens is 2. The number of hydrogen-bond donors (Lipinski definition) is 3. The van der Waals surface area contributed by atoms with Gasteiger partial charge in [-0.05, 0) is 48.4 Å². The molecule has 2 rings (SSSR count). The Morgan fingerprint density at radius 3 is 2.21 bits per heavy atom. The van der Waals surface area contributed by atoms with Crippen LogP contribution in [0.4, 0.5) is 14.5 Å².